The van der Waals surface area contributed by atoms with E-state index in [1.54, 1.807) is 31.4 Å². The number of benzene rings is 1. The molecule has 0 fully saturated rings. The first-order valence-electron chi connectivity index (χ1n) is 7.57. The highest BCUT2D eigenvalue weighted by Gasteiger charge is 2.20. The molecule has 6 nitrogen and oxygen atoms in total. The fourth-order valence-corrected chi connectivity index (χ4v) is 2.68. The van der Waals surface area contributed by atoms with E-state index >= 15 is 0 Å². The third kappa shape index (κ3) is 7.47. The van der Waals surface area contributed by atoms with Crippen LogP contribution in [-0.2, 0) is 21.4 Å². The molecule has 0 heterocycles. The van der Waals surface area contributed by atoms with Gasteiger partial charge < -0.3 is 10.1 Å². The Hall–Kier alpha value is -1.60. The lowest BCUT2D eigenvalue weighted by molar-refractivity contribution is -0.121. The van der Waals surface area contributed by atoms with Gasteiger partial charge in [0.25, 0.3) is 0 Å². The van der Waals surface area contributed by atoms with E-state index in [0.717, 1.165) is 18.2 Å². The van der Waals surface area contributed by atoms with Crippen LogP contribution in [0.3, 0.4) is 0 Å². The molecule has 1 aromatic rings. The summed E-state index contributed by atoms with van der Waals surface area (Å²) >= 11 is 0. The maximum Gasteiger partial charge on any atom is 0.235 e. The average molecular weight is 342 g/mol. The van der Waals surface area contributed by atoms with Gasteiger partial charge in [-0.05, 0) is 30.0 Å². The molecule has 130 valence electrons. The molecule has 1 aromatic carbocycles. The molecule has 0 saturated carbocycles. The van der Waals surface area contributed by atoms with Gasteiger partial charge in [-0.1, -0.05) is 26.0 Å². The maximum absolute atomic E-state index is 11.9. The molecule has 0 spiro atoms. The standard InChI is InChI=1S/C16H26N2O4S/c1-13(2)9-10-17-16(19)12-18(23(4,20)21)11-14-5-7-15(22-3)8-6-14/h5-8,13H,9-12H2,1-4H3,(H,17,19). The van der Waals surface area contributed by atoms with Gasteiger partial charge >= 0.3 is 0 Å². The summed E-state index contributed by atoms with van der Waals surface area (Å²) in [5.74, 6) is 0.899. The van der Waals surface area contributed by atoms with Gasteiger partial charge in [-0.3, -0.25) is 4.79 Å². The van der Waals surface area contributed by atoms with Crippen LogP contribution in [0.1, 0.15) is 25.8 Å². The number of amides is 1. The molecule has 0 aliphatic heterocycles. The molecular weight excluding hydrogens is 316 g/mol. The van der Waals surface area contributed by atoms with Crippen molar-refractivity contribution in [3.63, 3.8) is 0 Å². The zero-order valence-electron chi connectivity index (χ0n) is 14.2. The van der Waals surface area contributed by atoms with E-state index in [1.807, 2.05) is 0 Å². The van der Waals surface area contributed by atoms with Crippen LogP contribution in [0.15, 0.2) is 24.3 Å². The third-order valence-electron chi connectivity index (χ3n) is 3.35. The first-order chi connectivity index (χ1) is 10.7. The predicted molar refractivity (Wildman–Crippen MR) is 90.7 cm³/mol. The van der Waals surface area contributed by atoms with E-state index < -0.39 is 10.0 Å². The van der Waals surface area contributed by atoms with Crippen molar-refractivity contribution >= 4 is 15.9 Å². The van der Waals surface area contributed by atoms with Gasteiger partial charge in [0.2, 0.25) is 15.9 Å². The van der Waals surface area contributed by atoms with Crippen molar-refractivity contribution in [2.24, 2.45) is 5.92 Å². The SMILES string of the molecule is COc1ccc(CN(CC(=O)NCCC(C)C)S(C)(=O)=O)cc1. The van der Waals surface area contributed by atoms with Crippen molar-refractivity contribution in [3.8, 4) is 5.75 Å². The van der Waals surface area contributed by atoms with Crippen LogP contribution < -0.4 is 10.1 Å². The molecule has 0 aliphatic carbocycles. The van der Waals surface area contributed by atoms with Crippen LogP contribution in [0, 0.1) is 5.92 Å². The second-order valence-corrected chi connectivity index (χ2v) is 7.89. The van der Waals surface area contributed by atoms with Crippen molar-refractivity contribution in [1.29, 1.82) is 0 Å². The number of methoxy groups -OCH3 is 1. The second kappa shape index (κ2) is 8.88. The van der Waals surface area contributed by atoms with Gasteiger partial charge in [-0.2, -0.15) is 4.31 Å². The number of sulfonamides is 1. The molecule has 0 saturated heterocycles. The van der Waals surface area contributed by atoms with Crippen LogP contribution in [0.5, 0.6) is 5.75 Å². The highest BCUT2D eigenvalue weighted by atomic mass is 32.2. The van der Waals surface area contributed by atoms with Crippen LogP contribution in [0.4, 0.5) is 0 Å². The highest BCUT2D eigenvalue weighted by Crippen LogP contribution is 2.14. The van der Waals surface area contributed by atoms with Crippen molar-refractivity contribution in [2.45, 2.75) is 26.8 Å². The number of carbonyl (C=O) groups is 1. The van der Waals surface area contributed by atoms with Crippen molar-refractivity contribution in [1.82, 2.24) is 9.62 Å². The Labute approximate surface area is 138 Å². The molecule has 1 N–H and O–H groups in total. The molecule has 1 rings (SSSR count). The quantitative estimate of drug-likeness (QED) is 0.740. The van der Waals surface area contributed by atoms with Crippen LogP contribution >= 0.6 is 0 Å². The monoisotopic (exact) mass is 342 g/mol. The van der Waals surface area contributed by atoms with E-state index in [9.17, 15) is 13.2 Å². The Morgan fingerprint density at radius 3 is 2.35 bits per heavy atom. The predicted octanol–water partition coefficient (Wildman–Crippen LogP) is 1.62. The first kappa shape index (κ1) is 19.4. The molecule has 0 bridgehead atoms. The Morgan fingerprint density at radius 1 is 1.26 bits per heavy atom. The number of hydrogen-bond acceptors (Lipinski definition) is 4. The molecule has 0 radical (unpaired) electrons. The number of nitrogens with one attached hydrogen (secondary N) is 1. The third-order valence-corrected chi connectivity index (χ3v) is 4.55. The summed E-state index contributed by atoms with van der Waals surface area (Å²) in [4.78, 5) is 11.9. The zero-order chi connectivity index (χ0) is 17.5. The molecule has 23 heavy (non-hydrogen) atoms. The fraction of sp³-hybridized carbons (Fsp3) is 0.562. The van der Waals surface area contributed by atoms with Gasteiger partial charge in [0.05, 0.1) is 19.9 Å². The summed E-state index contributed by atoms with van der Waals surface area (Å²) in [6.07, 6.45) is 1.97. The number of rotatable bonds is 9. The normalized spacial score (nSPS) is 11.7. The van der Waals surface area contributed by atoms with Crippen molar-refractivity contribution < 1.29 is 17.9 Å². The Bertz CT molecular complexity index is 597. The van der Waals surface area contributed by atoms with Gasteiger partial charge in [-0.15, -0.1) is 0 Å². The number of nitrogens with zero attached hydrogens (tertiary/aromatic N) is 1. The number of hydrogen-bond donors (Lipinski definition) is 1. The Morgan fingerprint density at radius 2 is 1.87 bits per heavy atom. The molecule has 0 atom stereocenters. The summed E-state index contributed by atoms with van der Waals surface area (Å²) in [5.41, 5.74) is 0.797. The number of ether oxygens (including phenoxy) is 1. The van der Waals surface area contributed by atoms with Gasteiger partial charge in [0.15, 0.2) is 0 Å². The summed E-state index contributed by atoms with van der Waals surface area (Å²) in [7, 11) is -1.91. The molecule has 0 unspecified atom stereocenters. The van der Waals surface area contributed by atoms with Crippen LogP contribution in [0.25, 0.3) is 0 Å². The molecule has 0 aliphatic rings. The van der Waals surface area contributed by atoms with Gasteiger partial charge in [-0.25, -0.2) is 8.42 Å². The summed E-state index contributed by atoms with van der Waals surface area (Å²) in [6, 6.07) is 7.10. The lowest BCUT2D eigenvalue weighted by atomic mass is 10.1. The van der Waals surface area contributed by atoms with E-state index in [1.165, 1.54) is 4.31 Å². The zero-order valence-corrected chi connectivity index (χ0v) is 15.0. The first-order valence-corrected chi connectivity index (χ1v) is 9.42. The van der Waals surface area contributed by atoms with E-state index in [-0.39, 0.29) is 19.0 Å². The van der Waals surface area contributed by atoms with E-state index in [0.29, 0.717) is 18.2 Å². The Balaban J connectivity index is 2.67. The minimum Gasteiger partial charge on any atom is -0.497 e. The summed E-state index contributed by atoms with van der Waals surface area (Å²) in [6.45, 7) is 4.66. The minimum atomic E-state index is -3.47. The smallest absolute Gasteiger partial charge is 0.235 e. The molecular formula is C16H26N2O4S. The van der Waals surface area contributed by atoms with Crippen molar-refractivity contribution in [3.05, 3.63) is 29.8 Å². The van der Waals surface area contributed by atoms with E-state index in [2.05, 4.69) is 19.2 Å². The molecule has 1 amide bonds. The second-order valence-electron chi connectivity index (χ2n) is 5.91. The van der Waals surface area contributed by atoms with Crippen molar-refractivity contribution in [2.75, 3.05) is 26.5 Å². The maximum atomic E-state index is 11.9. The van der Waals surface area contributed by atoms with Gasteiger partial charge in [0.1, 0.15) is 5.75 Å². The van der Waals surface area contributed by atoms with Crippen LogP contribution in [-0.4, -0.2) is 45.1 Å². The lowest BCUT2D eigenvalue weighted by Gasteiger charge is -2.20. The van der Waals surface area contributed by atoms with Crippen LogP contribution in [0.2, 0.25) is 0 Å². The van der Waals surface area contributed by atoms with E-state index in [4.69, 9.17) is 4.74 Å². The van der Waals surface area contributed by atoms with Gasteiger partial charge in [0, 0.05) is 13.1 Å². The lowest BCUT2D eigenvalue weighted by Crippen LogP contribution is -2.40. The Kier molecular flexibility index (Phi) is 7.51. The fourth-order valence-electron chi connectivity index (χ4n) is 1.94. The molecule has 7 heteroatoms. The summed E-state index contributed by atoms with van der Waals surface area (Å²) < 4.78 is 30.0. The minimum absolute atomic E-state index is 0.153. The number of carbonyl (C=O) groups excluding carboxylic acids is 1. The highest BCUT2D eigenvalue weighted by molar-refractivity contribution is 7.88. The topological polar surface area (TPSA) is 75.7 Å². The largest absolute Gasteiger partial charge is 0.497 e. The summed E-state index contributed by atoms with van der Waals surface area (Å²) in [5, 5.41) is 2.76. The molecule has 0 aromatic heterocycles. The average Bonchev–Trinajstić information content (AvgIpc) is 2.46.